The van der Waals surface area contributed by atoms with E-state index < -0.39 is 0 Å². The van der Waals surface area contributed by atoms with Crippen LogP contribution >= 0.6 is 0 Å². The molecule has 0 atom stereocenters. The van der Waals surface area contributed by atoms with E-state index in [4.69, 9.17) is 0 Å². The summed E-state index contributed by atoms with van der Waals surface area (Å²) in [5.41, 5.74) is 3.59. The van der Waals surface area contributed by atoms with Gasteiger partial charge in [0.1, 0.15) is 0 Å². The summed E-state index contributed by atoms with van der Waals surface area (Å²) in [6.07, 6.45) is 5.41. The molecule has 0 saturated heterocycles. The van der Waals surface area contributed by atoms with E-state index in [1.165, 1.54) is 11.3 Å². The van der Waals surface area contributed by atoms with Crippen LogP contribution in [0.25, 0.3) is 6.08 Å². The molecular formula is C17H23N3. The molecule has 0 amide bonds. The number of benzene rings is 1. The fourth-order valence-corrected chi connectivity index (χ4v) is 2.20. The van der Waals surface area contributed by atoms with Gasteiger partial charge in [-0.2, -0.15) is 5.10 Å². The Morgan fingerprint density at radius 1 is 1.20 bits per heavy atom. The van der Waals surface area contributed by atoms with Crippen molar-refractivity contribution in [3.8, 4) is 0 Å². The number of hydrogen-bond acceptors (Lipinski definition) is 2. The predicted octanol–water partition coefficient (Wildman–Crippen LogP) is 3.19. The number of aryl methyl sites for hydroxylation is 3. The van der Waals surface area contributed by atoms with Crippen LogP contribution in [0.2, 0.25) is 0 Å². The molecule has 2 aromatic rings. The van der Waals surface area contributed by atoms with E-state index in [2.05, 4.69) is 64.5 Å². The van der Waals surface area contributed by atoms with Gasteiger partial charge in [0.25, 0.3) is 0 Å². The van der Waals surface area contributed by atoms with Gasteiger partial charge in [-0.1, -0.05) is 42.5 Å². The maximum absolute atomic E-state index is 4.46. The minimum absolute atomic E-state index is 0.909. The first-order valence-electron chi connectivity index (χ1n) is 7.19. The normalized spacial score (nSPS) is 11.3. The summed E-state index contributed by atoms with van der Waals surface area (Å²) in [5, 5.41) is 7.88. The summed E-state index contributed by atoms with van der Waals surface area (Å²) < 4.78 is 2.08. The van der Waals surface area contributed by atoms with Crippen LogP contribution in [0.3, 0.4) is 0 Å². The molecule has 3 nitrogen and oxygen atoms in total. The van der Waals surface area contributed by atoms with Crippen LogP contribution in [-0.2, 0) is 6.54 Å². The molecule has 2 rings (SSSR count). The lowest BCUT2D eigenvalue weighted by Crippen LogP contribution is -2.17. The SMILES string of the molecule is Cc1cc(C)n(CCCNC/C=C/c2ccccc2)n1. The Morgan fingerprint density at radius 2 is 2.00 bits per heavy atom. The predicted molar refractivity (Wildman–Crippen MR) is 84.7 cm³/mol. The third kappa shape index (κ3) is 4.67. The van der Waals surface area contributed by atoms with Crippen LogP contribution in [0.4, 0.5) is 0 Å². The van der Waals surface area contributed by atoms with Crippen LogP contribution in [0, 0.1) is 13.8 Å². The Morgan fingerprint density at radius 3 is 2.70 bits per heavy atom. The Labute approximate surface area is 121 Å². The topological polar surface area (TPSA) is 29.9 Å². The molecule has 0 spiro atoms. The molecule has 3 heteroatoms. The van der Waals surface area contributed by atoms with E-state index in [1.54, 1.807) is 0 Å². The highest BCUT2D eigenvalue weighted by Crippen LogP contribution is 2.02. The van der Waals surface area contributed by atoms with Gasteiger partial charge in [0.05, 0.1) is 5.69 Å². The van der Waals surface area contributed by atoms with Crippen LogP contribution in [0.15, 0.2) is 42.5 Å². The number of aromatic nitrogens is 2. The first-order chi connectivity index (χ1) is 9.75. The van der Waals surface area contributed by atoms with E-state index in [0.29, 0.717) is 0 Å². The van der Waals surface area contributed by atoms with Gasteiger partial charge < -0.3 is 5.32 Å². The van der Waals surface area contributed by atoms with Crippen molar-refractivity contribution in [2.75, 3.05) is 13.1 Å². The molecule has 0 fully saturated rings. The molecule has 106 valence electrons. The van der Waals surface area contributed by atoms with Crippen LogP contribution < -0.4 is 5.32 Å². The smallest absolute Gasteiger partial charge is 0.0596 e. The van der Waals surface area contributed by atoms with Gasteiger partial charge in [-0.25, -0.2) is 0 Å². The maximum Gasteiger partial charge on any atom is 0.0596 e. The van der Waals surface area contributed by atoms with Gasteiger partial charge in [0.15, 0.2) is 0 Å². The van der Waals surface area contributed by atoms with Crippen molar-refractivity contribution in [2.45, 2.75) is 26.8 Å². The fraction of sp³-hybridized carbons (Fsp3) is 0.353. The monoisotopic (exact) mass is 269 g/mol. The van der Waals surface area contributed by atoms with Crippen molar-refractivity contribution in [3.05, 3.63) is 59.4 Å². The molecule has 0 unspecified atom stereocenters. The molecule has 20 heavy (non-hydrogen) atoms. The van der Waals surface area contributed by atoms with Gasteiger partial charge in [-0.05, 0) is 38.4 Å². The summed E-state index contributed by atoms with van der Waals surface area (Å²) in [6, 6.07) is 12.5. The molecule has 0 aliphatic carbocycles. The standard InChI is InChI=1S/C17H23N3/c1-15-14-16(2)20(19-15)13-7-12-18-11-6-10-17-8-4-3-5-9-17/h3-6,8-10,14,18H,7,11-13H2,1-2H3/b10-6+. The largest absolute Gasteiger partial charge is 0.313 e. The zero-order chi connectivity index (χ0) is 14.2. The highest BCUT2D eigenvalue weighted by Gasteiger charge is 1.99. The number of hydrogen-bond donors (Lipinski definition) is 1. The third-order valence-electron chi connectivity index (χ3n) is 3.20. The van der Waals surface area contributed by atoms with Crippen molar-refractivity contribution in [2.24, 2.45) is 0 Å². The Balaban J connectivity index is 1.60. The van der Waals surface area contributed by atoms with E-state index in [9.17, 15) is 0 Å². The van der Waals surface area contributed by atoms with E-state index in [-0.39, 0.29) is 0 Å². The van der Waals surface area contributed by atoms with Gasteiger partial charge in [0.2, 0.25) is 0 Å². The van der Waals surface area contributed by atoms with E-state index in [0.717, 1.165) is 31.7 Å². The Hall–Kier alpha value is -1.87. The van der Waals surface area contributed by atoms with E-state index >= 15 is 0 Å². The first-order valence-corrected chi connectivity index (χ1v) is 7.19. The van der Waals surface area contributed by atoms with Crippen molar-refractivity contribution in [3.63, 3.8) is 0 Å². The molecule has 1 N–H and O–H groups in total. The maximum atomic E-state index is 4.46. The molecule has 0 radical (unpaired) electrons. The second kappa shape index (κ2) is 7.65. The highest BCUT2D eigenvalue weighted by molar-refractivity contribution is 5.48. The Bertz CT molecular complexity index is 541. The zero-order valence-corrected chi connectivity index (χ0v) is 12.3. The molecular weight excluding hydrogens is 246 g/mol. The molecule has 1 aromatic carbocycles. The number of nitrogens with one attached hydrogen (secondary N) is 1. The second-order valence-electron chi connectivity index (χ2n) is 5.02. The van der Waals surface area contributed by atoms with Crippen LogP contribution in [0.5, 0.6) is 0 Å². The van der Waals surface area contributed by atoms with Gasteiger partial charge in [-0.3, -0.25) is 4.68 Å². The molecule has 0 aliphatic heterocycles. The molecule has 1 heterocycles. The summed E-state index contributed by atoms with van der Waals surface area (Å²) in [7, 11) is 0. The van der Waals surface area contributed by atoms with Gasteiger partial charge >= 0.3 is 0 Å². The van der Waals surface area contributed by atoms with E-state index in [1.807, 2.05) is 13.0 Å². The zero-order valence-electron chi connectivity index (χ0n) is 12.3. The van der Waals surface area contributed by atoms with Crippen molar-refractivity contribution in [1.82, 2.24) is 15.1 Å². The summed E-state index contributed by atoms with van der Waals surface area (Å²) in [4.78, 5) is 0. The van der Waals surface area contributed by atoms with Crippen LogP contribution in [0.1, 0.15) is 23.4 Å². The Kier molecular flexibility index (Phi) is 5.56. The van der Waals surface area contributed by atoms with Gasteiger partial charge in [0, 0.05) is 18.8 Å². The van der Waals surface area contributed by atoms with Crippen molar-refractivity contribution >= 4 is 6.08 Å². The molecule has 0 aliphatic rings. The molecule has 0 bridgehead atoms. The lowest BCUT2D eigenvalue weighted by molar-refractivity contribution is 0.542. The highest BCUT2D eigenvalue weighted by atomic mass is 15.3. The second-order valence-corrected chi connectivity index (χ2v) is 5.02. The summed E-state index contributed by atoms with van der Waals surface area (Å²) in [6.45, 7) is 7.05. The summed E-state index contributed by atoms with van der Waals surface area (Å²) >= 11 is 0. The average molecular weight is 269 g/mol. The lowest BCUT2D eigenvalue weighted by Gasteiger charge is -2.04. The fourth-order valence-electron chi connectivity index (χ4n) is 2.20. The quantitative estimate of drug-likeness (QED) is 0.782. The average Bonchev–Trinajstić information content (AvgIpc) is 2.77. The minimum atomic E-state index is 0.909. The molecule has 1 aromatic heterocycles. The van der Waals surface area contributed by atoms with Crippen LogP contribution in [-0.4, -0.2) is 22.9 Å². The molecule has 0 saturated carbocycles. The lowest BCUT2D eigenvalue weighted by atomic mass is 10.2. The summed E-state index contributed by atoms with van der Waals surface area (Å²) in [5.74, 6) is 0. The number of rotatable bonds is 7. The van der Waals surface area contributed by atoms with Gasteiger partial charge in [-0.15, -0.1) is 0 Å². The van der Waals surface area contributed by atoms with Crippen molar-refractivity contribution < 1.29 is 0 Å². The number of nitrogens with zero attached hydrogens (tertiary/aromatic N) is 2. The first kappa shape index (κ1) is 14.5. The van der Waals surface area contributed by atoms with Crippen molar-refractivity contribution in [1.29, 1.82) is 0 Å². The minimum Gasteiger partial charge on any atom is -0.313 e. The third-order valence-corrected chi connectivity index (χ3v) is 3.20.